The monoisotopic (exact) mass is 599 g/mol. The molecule has 43 heavy (non-hydrogen) atoms. The van der Waals surface area contributed by atoms with Gasteiger partial charge in [0.1, 0.15) is 23.1 Å². The molecule has 0 amide bonds. The fourth-order valence-electron chi connectivity index (χ4n) is 5.41. The SMILES string of the molecule is Cc1c(N2CCN(Cc3c(F)ccc(F)c3F)CC2)c(=O)n(C[C@@H](N)c2ccccc2)c(=O)n1Cc1c(F)cccc1F. The van der Waals surface area contributed by atoms with Gasteiger partial charge >= 0.3 is 5.69 Å². The lowest BCUT2D eigenvalue weighted by Gasteiger charge is -2.37. The molecule has 1 aliphatic heterocycles. The molecule has 1 aromatic heterocycles. The summed E-state index contributed by atoms with van der Waals surface area (Å²) in [4.78, 5) is 31.0. The summed E-state index contributed by atoms with van der Waals surface area (Å²) in [6.45, 7) is 1.68. The number of aromatic nitrogens is 2. The molecule has 12 heteroatoms. The van der Waals surface area contributed by atoms with E-state index >= 15 is 0 Å². The maximum absolute atomic E-state index is 14.6. The van der Waals surface area contributed by atoms with Crippen LogP contribution in [0.15, 0.2) is 70.3 Å². The fraction of sp³-hybridized carbons (Fsp3) is 0.290. The predicted molar refractivity (Wildman–Crippen MR) is 152 cm³/mol. The molecule has 0 unspecified atom stereocenters. The van der Waals surface area contributed by atoms with Crippen molar-refractivity contribution in [3.05, 3.63) is 133 Å². The molecule has 1 fully saturated rings. The van der Waals surface area contributed by atoms with E-state index in [1.807, 2.05) is 0 Å². The number of rotatable bonds is 8. The minimum Gasteiger partial charge on any atom is -0.363 e. The van der Waals surface area contributed by atoms with E-state index in [-0.39, 0.29) is 61.8 Å². The van der Waals surface area contributed by atoms with Crippen molar-refractivity contribution in [2.45, 2.75) is 32.6 Å². The number of piperazine rings is 1. The highest BCUT2D eigenvalue weighted by molar-refractivity contribution is 5.50. The molecule has 0 spiro atoms. The molecule has 2 N–H and O–H groups in total. The number of benzene rings is 3. The van der Waals surface area contributed by atoms with Crippen LogP contribution in [0.4, 0.5) is 27.6 Å². The van der Waals surface area contributed by atoms with E-state index in [2.05, 4.69) is 0 Å². The van der Waals surface area contributed by atoms with Crippen LogP contribution in [0.25, 0.3) is 0 Å². The molecule has 0 radical (unpaired) electrons. The Balaban J connectivity index is 1.50. The first-order valence-corrected chi connectivity index (χ1v) is 13.7. The van der Waals surface area contributed by atoms with Gasteiger partial charge in [0, 0.05) is 55.6 Å². The predicted octanol–water partition coefficient (Wildman–Crippen LogP) is 4.08. The second-order valence-electron chi connectivity index (χ2n) is 10.5. The highest BCUT2D eigenvalue weighted by Crippen LogP contribution is 2.22. The summed E-state index contributed by atoms with van der Waals surface area (Å²) in [7, 11) is 0. The van der Waals surface area contributed by atoms with Crippen molar-refractivity contribution in [1.29, 1.82) is 0 Å². The minimum absolute atomic E-state index is 0.152. The highest BCUT2D eigenvalue weighted by Gasteiger charge is 2.27. The first-order valence-electron chi connectivity index (χ1n) is 13.7. The molecule has 226 valence electrons. The van der Waals surface area contributed by atoms with Crippen LogP contribution in [0.3, 0.4) is 0 Å². The molecule has 0 aliphatic carbocycles. The minimum atomic E-state index is -1.25. The second-order valence-corrected chi connectivity index (χ2v) is 10.5. The lowest BCUT2D eigenvalue weighted by molar-refractivity contribution is 0.241. The zero-order valence-electron chi connectivity index (χ0n) is 23.4. The smallest absolute Gasteiger partial charge is 0.331 e. The molecule has 1 atom stereocenters. The third-order valence-corrected chi connectivity index (χ3v) is 7.85. The van der Waals surface area contributed by atoms with Crippen LogP contribution in [0.1, 0.15) is 28.4 Å². The van der Waals surface area contributed by atoms with Crippen molar-refractivity contribution in [2.24, 2.45) is 5.73 Å². The van der Waals surface area contributed by atoms with Gasteiger partial charge in [0.25, 0.3) is 5.56 Å². The van der Waals surface area contributed by atoms with Crippen LogP contribution < -0.4 is 21.9 Å². The molecule has 0 saturated carbocycles. The second kappa shape index (κ2) is 12.5. The van der Waals surface area contributed by atoms with E-state index < -0.39 is 52.9 Å². The average Bonchev–Trinajstić information content (AvgIpc) is 3.00. The zero-order valence-corrected chi connectivity index (χ0v) is 23.4. The van der Waals surface area contributed by atoms with Crippen LogP contribution in [0, 0.1) is 36.0 Å². The molecule has 1 aliphatic rings. The maximum Gasteiger partial charge on any atom is 0.331 e. The van der Waals surface area contributed by atoms with Gasteiger partial charge in [0.15, 0.2) is 11.6 Å². The highest BCUT2D eigenvalue weighted by atomic mass is 19.2. The van der Waals surface area contributed by atoms with Crippen LogP contribution in [-0.4, -0.2) is 40.2 Å². The van der Waals surface area contributed by atoms with Gasteiger partial charge in [-0.05, 0) is 36.8 Å². The molecule has 4 aromatic rings. The molecule has 0 bridgehead atoms. The number of hydrogen-bond acceptors (Lipinski definition) is 5. The molecular weight excluding hydrogens is 569 g/mol. The van der Waals surface area contributed by atoms with Crippen molar-refractivity contribution < 1.29 is 22.0 Å². The Labute approximate surface area is 244 Å². The quantitative estimate of drug-likeness (QED) is 0.244. The maximum atomic E-state index is 14.6. The Morgan fingerprint density at radius 2 is 1.33 bits per heavy atom. The summed E-state index contributed by atoms with van der Waals surface area (Å²) >= 11 is 0. The zero-order chi connectivity index (χ0) is 30.8. The number of hydrogen-bond donors (Lipinski definition) is 1. The average molecular weight is 600 g/mol. The Morgan fingerprint density at radius 1 is 0.721 bits per heavy atom. The van der Waals surface area contributed by atoms with Gasteiger partial charge in [0.2, 0.25) is 0 Å². The largest absolute Gasteiger partial charge is 0.363 e. The van der Waals surface area contributed by atoms with Crippen LogP contribution >= 0.6 is 0 Å². The van der Waals surface area contributed by atoms with Gasteiger partial charge in [-0.2, -0.15) is 0 Å². The van der Waals surface area contributed by atoms with Crippen LogP contribution in [-0.2, 0) is 19.6 Å². The van der Waals surface area contributed by atoms with Crippen molar-refractivity contribution >= 4 is 5.69 Å². The Kier molecular flexibility index (Phi) is 8.79. The molecule has 2 heterocycles. The van der Waals surface area contributed by atoms with E-state index in [1.165, 1.54) is 13.0 Å². The van der Waals surface area contributed by atoms with Crippen molar-refractivity contribution in [1.82, 2.24) is 14.0 Å². The molecule has 1 saturated heterocycles. The van der Waals surface area contributed by atoms with E-state index in [1.54, 1.807) is 40.1 Å². The summed E-state index contributed by atoms with van der Waals surface area (Å²) in [5, 5.41) is 0. The summed E-state index contributed by atoms with van der Waals surface area (Å²) in [6, 6.07) is 13.2. The van der Waals surface area contributed by atoms with Gasteiger partial charge < -0.3 is 10.6 Å². The topological polar surface area (TPSA) is 76.5 Å². The van der Waals surface area contributed by atoms with E-state index in [4.69, 9.17) is 5.73 Å². The summed E-state index contributed by atoms with van der Waals surface area (Å²) in [6.07, 6.45) is 0. The first-order chi connectivity index (χ1) is 20.6. The number of anilines is 1. The lowest BCUT2D eigenvalue weighted by atomic mass is 10.1. The van der Waals surface area contributed by atoms with Gasteiger partial charge in [-0.1, -0.05) is 36.4 Å². The van der Waals surface area contributed by atoms with Gasteiger partial charge in [0.05, 0.1) is 13.1 Å². The van der Waals surface area contributed by atoms with Crippen molar-refractivity contribution in [2.75, 3.05) is 31.1 Å². The summed E-state index contributed by atoms with van der Waals surface area (Å²) in [5.74, 6) is -4.92. The third kappa shape index (κ3) is 6.11. The van der Waals surface area contributed by atoms with E-state index in [9.17, 15) is 31.5 Å². The van der Waals surface area contributed by atoms with E-state index in [0.717, 1.165) is 33.4 Å². The molecule has 5 rings (SSSR count). The summed E-state index contributed by atoms with van der Waals surface area (Å²) < 4.78 is 73.6. The number of halogens is 5. The normalized spacial score (nSPS) is 14.7. The van der Waals surface area contributed by atoms with Crippen LogP contribution in [0.5, 0.6) is 0 Å². The van der Waals surface area contributed by atoms with E-state index in [0.29, 0.717) is 5.56 Å². The Bertz CT molecular complexity index is 1730. The standard InChI is InChI=1S/C31H30F5N5O2/c1-19-29(39-14-12-38(13-15-39)16-22-25(34)10-11-26(35)28(22)36)30(42)41(18-27(37)20-6-3-2-4-7-20)31(43)40(19)17-21-23(32)8-5-9-24(21)33/h2-11,27H,12-18,37H2,1H3/t27-/m1/s1. The Hall–Kier alpha value is -4.29. The Morgan fingerprint density at radius 3 is 1.98 bits per heavy atom. The van der Waals surface area contributed by atoms with Crippen molar-refractivity contribution in [3.63, 3.8) is 0 Å². The first kappa shape index (κ1) is 30.2. The molecule has 3 aromatic carbocycles. The fourth-order valence-corrected chi connectivity index (χ4v) is 5.41. The van der Waals surface area contributed by atoms with Crippen molar-refractivity contribution in [3.8, 4) is 0 Å². The van der Waals surface area contributed by atoms with Gasteiger partial charge in [-0.25, -0.2) is 26.7 Å². The van der Waals surface area contributed by atoms with Gasteiger partial charge in [-0.3, -0.25) is 18.8 Å². The molecular formula is C31H30F5N5O2. The lowest BCUT2D eigenvalue weighted by Crippen LogP contribution is -2.51. The third-order valence-electron chi connectivity index (χ3n) is 7.85. The van der Waals surface area contributed by atoms with Crippen LogP contribution in [0.2, 0.25) is 0 Å². The van der Waals surface area contributed by atoms with Gasteiger partial charge in [-0.15, -0.1) is 0 Å². The number of nitrogens with zero attached hydrogens (tertiary/aromatic N) is 4. The number of nitrogens with two attached hydrogens (primary N) is 1. The molecule has 7 nitrogen and oxygen atoms in total. The summed E-state index contributed by atoms with van der Waals surface area (Å²) in [5.41, 5.74) is 5.32.